The summed E-state index contributed by atoms with van der Waals surface area (Å²) in [7, 11) is 0.337. The van der Waals surface area contributed by atoms with Crippen molar-refractivity contribution in [3.05, 3.63) is 24.3 Å². The molecule has 3 saturated heterocycles. The second-order valence-electron chi connectivity index (χ2n) is 6.74. The lowest BCUT2D eigenvalue weighted by atomic mass is 10.3. The first-order chi connectivity index (χ1) is 12.9. The SMILES string of the molecule is C1CCNC1.C1CCNC1.c1ccc2c(c1)nnn2OPN1CCCC1. The molecule has 144 valence electrons. The third kappa shape index (κ3) is 6.47. The molecular weight excluding hydrogens is 347 g/mol. The van der Waals surface area contributed by atoms with Gasteiger partial charge in [0.25, 0.3) is 0 Å². The second-order valence-corrected chi connectivity index (χ2v) is 7.74. The number of benzene rings is 1. The average Bonchev–Trinajstić information content (AvgIpc) is 3.51. The highest BCUT2D eigenvalue weighted by Crippen LogP contribution is 2.23. The number of para-hydroxylation sites is 1. The Morgan fingerprint density at radius 1 is 0.846 bits per heavy atom. The van der Waals surface area contributed by atoms with Crippen LogP contribution in [0.4, 0.5) is 0 Å². The zero-order chi connectivity index (χ0) is 17.9. The molecule has 4 heterocycles. The molecule has 1 aromatic carbocycles. The van der Waals surface area contributed by atoms with E-state index in [4.69, 9.17) is 4.62 Å². The van der Waals surface area contributed by atoms with Gasteiger partial charge >= 0.3 is 0 Å². The Morgan fingerprint density at radius 2 is 1.46 bits per heavy atom. The van der Waals surface area contributed by atoms with Gasteiger partial charge in [-0.15, -0.1) is 5.10 Å². The lowest BCUT2D eigenvalue weighted by Crippen LogP contribution is -2.14. The molecule has 3 aliphatic heterocycles. The summed E-state index contributed by atoms with van der Waals surface area (Å²) in [4.78, 5) is 1.52. The van der Waals surface area contributed by atoms with Gasteiger partial charge in [0.1, 0.15) is 11.0 Å². The number of hydrogen-bond acceptors (Lipinski definition) is 6. The van der Waals surface area contributed by atoms with E-state index in [1.165, 1.54) is 69.5 Å². The number of rotatable bonds is 3. The Hall–Kier alpha value is -1.27. The Kier molecular flexibility index (Phi) is 8.58. The largest absolute Gasteiger partial charge is 0.362 e. The highest BCUT2D eigenvalue weighted by atomic mass is 31.1. The topological polar surface area (TPSA) is 67.2 Å². The van der Waals surface area contributed by atoms with Gasteiger partial charge in [-0.1, -0.05) is 17.0 Å². The summed E-state index contributed by atoms with van der Waals surface area (Å²) in [6.45, 7) is 7.26. The smallest absolute Gasteiger partial charge is 0.183 e. The predicted octanol–water partition coefficient (Wildman–Crippen LogP) is 2.20. The van der Waals surface area contributed by atoms with Crippen LogP contribution in [-0.2, 0) is 0 Å². The van der Waals surface area contributed by atoms with Crippen LogP contribution in [0.3, 0.4) is 0 Å². The fourth-order valence-electron chi connectivity index (χ4n) is 3.07. The number of nitrogens with one attached hydrogen (secondary N) is 2. The standard InChI is InChI=1S/C10H13N4OP.2C4H9N/c1-2-6-10-9(5-1)11-12-14(10)15-16-13-7-3-4-8-13;2*1-2-4-5-3-1/h1-2,5-6,16H,3-4,7-8H2;2*5H,1-4H2. The van der Waals surface area contributed by atoms with Crippen molar-refractivity contribution in [3.63, 3.8) is 0 Å². The van der Waals surface area contributed by atoms with Crippen LogP contribution in [0.5, 0.6) is 0 Å². The van der Waals surface area contributed by atoms with Gasteiger partial charge in [0.15, 0.2) is 8.96 Å². The number of fused-ring (bicyclic) bond motifs is 1. The molecular formula is C18H31N6OP. The maximum Gasteiger partial charge on any atom is 0.183 e. The minimum Gasteiger partial charge on any atom is -0.362 e. The van der Waals surface area contributed by atoms with Crippen LogP contribution in [0.1, 0.15) is 38.5 Å². The third-order valence-electron chi connectivity index (χ3n) is 4.60. The highest BCUT2D eigenvalue weighted by Gasteiger charge is 2.13. The Balaban J connectivity index is 0.000000159. The van der Waals surface area contributed by atoms with Crippen molar-refractivity contribution in [1.82, 2.24) is 30.5 Å². The molecule has 3 aliphatic rings. The summed E-state index contributed by atoms with van der Waals surface area (Å²) < 4.78 is 7.94. The molecule has 1 unspecified atom stereocenters. The molecule has 2 aromatic rings. The van der Waals surface area contributed by atoms with E-state index in [1.807, 2.05) is 24.3 Å². The lowest BCUT2D eigenvalue weighted by Gasteiger charge is -2.13. The van der Waals surface area contributed by atoms with Gasteiger partial charge in [0.2, 0.25) is 0 Å². The van der Waals surface area contributed by atoms with E-state index in [1.54, 1.807) is 0 Å². The molecule has 0 spiro atoms. The van der Waals surface area contributed by atoms with Crippen molar-refractivity contribution < 1.29 is 4.62 Å². The van der Waals surface area contributed by atoms with Gasteiger partial charge in [-0.2, -0.15) is 0 Å². The van der Waals surface area contributed by atoms with Crippen LogP contribution in [0.2, 0.25) is 0 Å². The molecule has 0 radical (unpaired) electrons. The van der Waals surface area contributed by atoms with Gasteiger partial charge in [-0.25, -0.2) is 0 Å². The summed E-state index contributed by atoms with van der Waals surface area (Å²) in [6.07, 6.45) is 8.10. The van der Waals surface area contributed by atoms with Crippen LogP contribution in [0.25, 0.3) is 11.0 Å². The van der Waals surface area contributed by atoms with E-state index in [-0.39, 0.29) is 0 Å². The molecule has 0 amide bonds. The van der Waals surface area contributed by atoms with Crippen molar-refractivity contribution in [1.29, 1.82) is 0 Å². The summed E-state index contributed by atoms with van der Waals surface area (Å²) in [5, 5.41) is 14.5. The normalized spacial score (nSPS) is 20.2. The first-order valence-corrected chi connectivity index (χ1v) is 10.7. The Labute approximate surface area is 157 Å². The molecule has 2 N–H and O–H groups in total. The molecule has 1 aromatic heterocycles. The molecule has 0 aliphatic carbocycles. The van der Waals surface area contributed by atoms with E-state index >= 15 is 0 Å². The fourth-order valence-corrected chi connectivity index (χ4v) is 3.90. The molecule has 7 nitrogen and oxygen atoms in total. The van der Waals surface area contributed by atoms with E-state index in [9.17, 15) is 0 Å². The molecule has 1 atom stereocenters. The Bertz CT molecular complexity index is 598. The van der Waals surface area contributed by atoms with Crippen LogP contribution < -0.4 is 15.3 Å². The number of hydrogen-bond donors (Lipinski definition) is 2. The lowest BCUT2D eigenvalue weighted by molar-refractivity contribution is 0.255. The first kappa shape index (κ1) is 19.5. The van der Waals surface area contributed by atoms with Gasteiger partial charge in [0, 0.05) is 13.1 Å². The summed E-state index contributed by atoms with van der Waals surface area (Å²) in [5.74, 6) is 0. The summed E-state index contributed by atoms with van der Waals surface area (Å²) in [6, 6.07) is 7.81. The maximum absolute atomic E-state index is 5.64. The monoisotopic (exact) mass is 378 g/mol. The van der Waals surface area contributed by atoms with Crippen LogP contribution in [-0.4, -0.2) is 59.1 Å². The zero-order valence-electron chi connectivity index (χ0n) is 15.5. The van der Waals surface area contributed by atoms with Crippen molar-refractivity contribution in [3.8, 4) is 0 Å². The summed E-state index contributed by atoms with van der Waals surface area (Å²) >= 11 is 0. The van der Waals surface area contributed by atoms with Crippen LogP contribution >= 0.6 is 8.96 Å². The summed E-state index contributed by atoms with van der Waals surface area (Å²) in [5.41, 5.74) is 1.79. The van der Waals surface area contributed by atoms with E-state index < -0.39 is 0 Å². The van der Waals surface area contributed by atoms with Gasteiger partial charge in [-0.3, -0.25) is 4.67 Å². The van der Waals surface area contributed by atoms with Crippen LogP contribution in [0, 0.1) is 0 Å². The minimum atomic E-state index is 0.337. The molecule has 26 heavy (non-hydrogen) atoms. The van der Waals surface area contributed by atoms with Gasteiger partial charge < -0.3 is 15.3 Å². The predicted molar refractivity (Wildman–Crippen MR) is 107 cm³/mol. The van der Waals surface area contributed by atoms with Gasteiger partial charge in [-0.05, 0) is 82.1 Å². The van der Waals surface area contributed by atoms with Crippen molar-refractivity contribution in [2.75, 3.05) is 39.3 Å². The van der Waals surface area contributed by atoms with Crippen molar-refractivity contribution >= 4 is 20.0 Å². The van der Waals surface area contributed by atoms with Gasteiger partial charge in [0.05, 0.1) is 0 Å². The highest BCUT2D eigenvalue weighted by molar-refractivity contribution is 7.29. The van der Waals surface area contributed by atoms with Crippen molar-refractivity contribution in [2.24, 2.45) is 0 Å². The van der Waals surface area contributed by atoms with E-state index in [0.717, 1.165) is 24.1 Å². The number of aromatic nitrogens is 3. The van der Waals surface area contributed by atoms with E-state index in [0.29, 0.717) is 8.96 Å². The molecule has 0 saturated carbocycles. The minimum absolute atomic E-state index is 0.337. The van der Waals surface area contributed by atoms with Crippen molar-refractivity contribution in [2.45, 2.75) is 38.5 Å². The first-order valence-electron chi connectivity index (χ1n) is 9.83. The maximum atomic E-state index is 5.64. The quantitative estimate of drug-likeness (QED) is 0.799. The second kappa shape index (κ2) is 11.4. The zero-order valence-corrected chi connectivity index (χ0v) is 16.5. The Morgan fingerprint density at radius 3 is 2.04 bits per heavy atom. The average molecular weight is 378 g/mol. The fraction of sp³-hybridized carbons (Fsp3) is 0.667. The van der Waals surface area contributed by atoms with Crippen LogP contribution in [0.15, 0.2) is 24.3 Å². The third-order valence-corrected chi connectivity index (χ3v) is 5.56. The number of nitrogens with zero attached hydrogens (tertiary/aromatic N) is 4. The molecule has 8 heteroatoms. The molecule has 5 rings (SSSR count). The molecule has 0 bridgehead atoms. The van der Waals surface area contributed by atoms with E-state index in [2.05, 4.69) is 25.6 Å². The molecule has 3 fully saturated rings.